The molecule has 1 N–H and O–H groups in total. The van der Waals surface area contributed by atoms with Crippen LogP contribution in [0.3, 0.4) is 0 Å². The Morgan fingerprint density at radius 3 is 2.94 bits per heavy atom. The molecule has 0 aromatic carbocycles. The average molecular weight is 251 g/mol. The maximum absolute atomic E-state index is 4.52. The van der Waals surface area contributed by atoms with Gasteiger partial charge in [0.2, 0.25) is 0 Å². The highest BCUT2D eigenvalue weighted by Crippen LogP contribution is 2.39. The third-order valence-electron chi connectivity index (χ3n) is 3.79. The highest BCUT2D eigenvalue weighted by molar-refractivity contribution is 7.15. The molecule has 3 nitrogen and oxygen atoms in total. The number of hydrogen-bond donors (Lipinski definition) is 1. The van der Waals surface area contributed by atoms with Gasteiger partial charge in [0.05, 0.1) is 0 Å². The fraction of sp³-hybridized carbons (Fsp3) is 0.769. The van der Waals surface area contributed by atoms with Crippen LogP contribution < -0.4 is 10.2 Å². The zero-order valence-corrected chi connectivity index (χ0v) is 11.5. The van der Waals surface area contributed by atoms with Gasteiger partial charge in [0.1, 0.15) is 0 Å². The molecule has 2 aliphatic rings. The SMILES string of the molecule is CC1CC1CN(C)c1ncc(CNC2CC2)s1. The summed E-state index contributed by atoms with van der Waals surface area (Å²) in [6.45, 7) is 4.51. The predicted molar refractivity (Wildman–Crippen MR) is 72.5 cm³/mol. The first-order valence-corrected chi connectivity index (χ1v) is 7.43. The van der Waals surface area contributed by atoms with E-state index in [0.717, 1.165) is 24.4 Å². The normalized spacial score (nSPS) is 27.2. The zero-order valence-electron chi connectivity index (χ0n) is 10.6. The standard InChI is InChI=1S/C13H21N3S/c1-9-5-10(9)8-16(2)13-15-7-12(17-13)6-14-11-3-4-11/h7,9-11,14H,3-6,8H2,1-2H3. The van der Waals surface area contributed by atoms with Crippen LogP contribution in [0.25, 0.3) is 0 Å². The first-order chi connectivity index (χ1) is 8.22. The summed E-state index contributed by atoms with van der Waals surface area (Å²) >= 11 is 1.83. The second-order valence-corrected chi connectivity index (χ2v) is 6.71. The third-order valence-corrected chi connectivity index (χ3v) is 4.91. The van der Waals surface area contributed by atoms with Crippen molar-refractivity contribution in [2.24, 2.45) is 11.8 Å². The third kappa shape index (κ3) is 2.99. The van der Waals surface area contributed by atoms with Crippen molar-refractivity contribution in [1.82, 2.24) is 10.3 Å². The van der Waals surface area contributed by atoms with Gasteiger partial charge in [0.25, 0.3) is 0 Å². The van der Waals surface area contributed by atoms with E-state index >= 15 is 0 Å². The van der Waals surface area contributed by atoms with Crippen LogP contribution in [0, 0.1) is 11.8 Å². The molecule has 0 amide bonds. The number of thiazole rings is 1. The zero-order chi connectivity index (χ0) is 11.8. The van der Waals surface area contributed by atoms with Crippen LogP contribution in [0.2, 0.25) is 0 Å². The Labute approximate surface area is 107 Å². The van der Waals surface area contributed by atoms with E-state index in [-0.39, 0.29) is 0 Å². The van der Waals surface area contributed by atoms with Gasteiger partial charge in [-0.05, 0) is 31.1 Å². The van der Waals surface area contributed by atoms with Gasteiger partial charge < -0.3 is 10.2 Å². The van der Waals surface area contributed by atoms with Crippen LogP contribution in [-0.2, 0) is 6.54 Å². The number of anilines is 1. The molecule has 94 valence electrons. The molecule has 4 heteroatoms. The quantitative estimate of drug-likeness (QED) is 0.842. The van der Waals surface area contributed by atoms with Crippen LogP contribution in [0.15, 0.2) is 6.20 Å². The minimum Gasteiger partial charge on any atom is -0.351 e. The number of aromatic nitrogens is 1. The molecule has 0 spiro atoms. The van der Waals surface area contributed by atoms with Crippen LogP contribution in [0.1, 0.15) is 31.1 Å². The molecular formula is C13H21N3S. The molecule has 2 aliphatic carbocycles. The van der Waals surface area contributed by atoms with E-state index in [1.165, 1.54) is 35.8 Å². The monoisotopic (exact) mass is 251 g/mol. The summed E-state index contributed by atoms with van der Waals surface area (Å²) in [5, 5.41) is 4.71. The van der Waals surface area contributed by atoms with Crippen molar-refractivity contribution < 1.29 is 0 Å². The van der Waals surface area contributed by atoms with E-state index in [1.807, 2.05) is 17.5 Å². The van der Waals surface area contributed by atoms with Crippen LogP contribution in [0.5, 0.6) is 0 Å². The highest BCUT2D eigenvalue weighted by atomic mass is 32.1. The second kappa shape index (κ2) is 4.58. The Hall–Kier alpha value is -0.610. The molecule has 0 radical (unpaired) electrons. The molecule has 17 heavy (non-hydrogen) atoms. The van der Waals surface area contributed by atoms with Gasteiger partial charge in [-0.15, -0.1) is 11.3 Å². The Bertz CT molecular complexity index is 386. The van der Waals surface area contributed by atoms with Gasteiger partial charge >= 0.3 is 0 Å². The molecule has 0 saturated heterocycles. The molecule has 0 aliphatic heterocycles. The molecule has 2 unspecified atom stereocenters. The topological polar surface area (TPSA) is 28.2 Å². The van der Waals surface area contributed by atoms with Crippen molar-refractivity contribution in [2.45, 2.75) is 38.8 Å². The van der Waals surface area contributed by atoms with E-state index in [4.69, 9.17) is 0 Å². The van der Waals surface area contributed by atoms with E-state index in [0.29, 0.717) is 0 Å². The van der Waals surface area contributed by atoms with E-state index in [9.17, 15) is 0 Å². The summed E-state index contributed by atoms with van der Waals surface area (Å²) in [5.74, 6) is 1.82. The lowest BCUT2D eigenvalue weighted by Crippen LogP contribution is -2.20. The molecule has 0 bridgehead atoms. The van der Waals surface area contributed by atoms with Crippen LogP contribution in [-0.4, -0.2) is 24.6 Å². The number of nitrogens with one attached hydrogen (secondary N) is 1. The van der Waals surface area contributed by atoms with Crippen molar-refractivity contribution in [3.8, 4) is 0 Å². The van der Waals surface area contributed by atoms with Gasteiger partial charge in [-0.3, -0.25) is 0 Å². The molecule has 3 rings (SSSR count). The summed E-state index contributed by atoms with van der Waals surface area (Å²) in [5.41, 5.74) is 0. The molecule has 2 saturated carbocycles. The van der Waals surface area contributed by atoms with Gasteiger partial charge in [0.15, 0.2) is 5.13 Å². The van der Waals surface area contributed by atoms with E-state index in [1.54, 1.807) is 0 Å². The number of hydrogen-bond acceptors (Lipinski definition) is 4. The van der Waals surface area contributed by atoms with E-state index in [2.05, 4.69) is 29.2 Å². The fourth-order valence-electron chi connectivity index (χ4n) is 2.17. The Morgan fingerprint density at radius 2 is 2.29 bits per heavy atom. The van der Waals surface area contributed by atoms with Crippen molar-refractivity contribution in [3.05, 3.63) is 11.1 Å². The lowest BCUT2D eigenvalue weighted by Gasteiger charge is -2.14. The smallest absolute Gasteiger partial charge is 0.185 e. The van der Waals surface area contributed by atoms with Crippen molar-refractivity contribution in [3.63, 3.8) is 0 Å². The lowest BCUT2D eigenvalue weighted by molar-refractivity contribution is 0.694. The molecule has 2 atom stereocenters. The minimum absolute atomic E-state index is 0.783. The molecule has 1 aromatic rings. The van der Waals surface area contributed by atoms with Crippen LogP contribution >= 0.6 is 11.3 Å². The van der Waals surface area contributed by atoms with Crippen molar-refractivity contribution >= 4 is 16.5 Å². The predicted octanol–water partition coefficient (Wildman–Crippen LogP) is 2.49. The lowest BCUT2D eigenvalue weighted by atomic mass is 10.3. The average Bonchev–Trinajstić information content (AvgIpc) is 3.20. The Kier molecular flexibility index (Phi) is 3.09. The number of rotatable bonds is 6. The summed E-state index contributed by atoms with van der Waals surface area (Å²) in [6, 6.07) is 0.783. The Balaban J connectivity index is 1.51. The first-order valence-electron chi connectivity index (χ1n) is 6.61. The van der Waals surface area contributed by atoms with Gasteiger partial charge in [-0.1, -0.05) is 6.92 Å². The fourth-order valence-corrected chi connectivity index (χ4v) is 3.00. The first kappa shape index (κ1) is 11.5. The number of nitrogens with zero attached hydrogens (tertiary/aromatic N) is 2. The molecular weight excluding hydrogens is 230 g/mol. The van der Waals surface area contributed by atoms with Gasteiger partial charge in [-0.25, -0.2) is 4.98 Å². The van der Waals surface area contributed by atoms with Crippen molar-refractivity contribution in [1.29, 1.82) is 0 Å². The van der Waals surface area contributed by atoms with E-state index < -0.39 is 0 Å². The van der Waals surface area contributed by atoms with Gasteiger partial charge in [0, 0.05) is 37.3 Å². The maximum atomic E-state index is 4.52. The van der Waals surface area contributed by atoms with Crippen LogP contribution in [0.4, 0.5) is 5.13 Å². The molecule has 1 aromatic heterocycles. The Morgan fingerprint density at radius 1 is 1.53 bits per heavy atom. The second-order valence-electron chi connectivity index (χ2n) is 5.62. The highest BCUT2D eigenvalue weighted by Gasteiger charge is 2.33. The summed E-state index contributed by atoms with van der Waals surface area (Å²) in [4.78, 5) is 8.21. The van der Waals surface area contributed by atoms with Gasteiger partial charge in [-0.2, -0.15) is 0 Å². The largest absolute Gasteiger partial charge is 0.351 e. The summed E-state index contributed by atoms with van der Waals surface area (Å²) in [6.07, 6.45) is 6.13. The molecule has 1 heterocycles. The summed E-state index contributed by atoms with van der Waals surface area (Å²) < 4.78 is 0. The summed E-state index contributed by atoms with van der Waals surface area (Å²) in [7, 11) is 2.17. The van der Waals surface area contributed by atoms with Crippen molar-refractivity contribution in [2.75, 3.05) is 18.5 Å². The molecule has 2 fully saturated rings. The maximum Gasteiger partial charge on any atom is 0.185 e. The minimum atomic E-state index is 0.783.